The molecule has 0 bridgehead atoms. The molecule has 2 N–H and O–H groups in total. The van der Waals surface area contributed by atoms with Crippen molar-refractivity contribution in [1.29, 1.82) is 0 Å². The number of esters is 1. The van der Waals surface area contributed by atoms with E-state index in [0.29, 0.717) is 6.61 Å². The van der Waals surface area contributed by atoms with Crippen LogP contribution in [0, 0.1) is 0 Å². The Balaban J connectivity index is 2.14. The molecular formula is C11H18N4O2. The topological polar surface area (TPSA) is 79.9 Å². The molecule has 1 atom stereocenters. The lowest BCUT2D eigenvalue weighted by atomic mass is 9.82. The first-order valence-electron chi connectivity index (χ1n) is 5.96. The van der Waals surface area contributed by atoms with Crippen molar-refractivity contribution in [2.24, 2.45) is 0 Å². The number of ether oxygens (including phenoxy) is 1. The lowest BCUT2D eigenvalue weighted by molar-refractivity contribution is 0.0512. The van der Waals surface area contributed by atoms with Gasteiger partial charge in [0.1, 0.15) is 5.82 Å². The summed E-state index contributed by atoms with van der Waals surface area (Å²) in [6.45, 7) is 6.10. The fourth-order valence-corrected chi connectivity index (χ4v) is 2.08. The SMILES string of the molecule is CCOC(=O)c1n[nH]c(C2(C)CCCNC2)n1. The van der Waals surface area contributed by atoms with Gasteiger partial charge >= 0.3 is 5.97 Å². The molecule has 0 amide bonds. The van der Waals surface area contributed by atoms with Crippen molar-refractivity contribution in [2.45, 2.75) is 32.1 Å². The Labute approximate surface area is 100 Å². The van der Waals surface area contributed by atoms with Crippen molar-refractivity contribution in [3.05, 3.63) is 11.6 Å². The third-order valence-corrected chi connectivity index (χ3v) is 3.11. The summed E-state index contributed by atoms with van der Waals surface area (Å²) in [7, 11) is 0. The van der Waals surface area contributed by atoms with Gasteiger partial charge in [-0.1, -0.05) is 6.92 Å². The number of aromatic amines is 1. The van der Waals surface area contributed by atoms with E-state index in [9.17, 15) is 4.79 Å². The summed E-state index contributed by atoms with van der Waals surface area (Å²) in [5, 5.41) is 10.1. The van der Waals surface area contributed by atoms with Gasteiger partial charge < -0.3 is 10.1 Å². The van der Waals surface area contributed by atoms with Crippen LogP contribution >= 0.6 is 0 Å². The maximum Gasteiger partial charge on any atom is 0.378 e. The maximum atomic E-state index is 11.5. The van der Waals surface area contributed by atoms with Crippen LogP contribution < -0.4 is 5.32 Å². The Morgan fingerprint density at radius 1 is 1.59 bits per heavy atom. The molecular weight excluding hydrogens is 220 g/mol. The van der Waals surface area contributed by atoms with E-state index in [2.05, 4.69) is 27.4 Å². The van der Waals surface area contributed by atoms with Crippen LogP contribution in [-0.2, 0) is 10.2 Å². The molecule has 0 saturated carbocycles. The number of nitrogens with zero attached hydrogens (tertiary/aromatic N) is 2. The number of piperidine rings is 1. The van der Waals surface area contributed by atoms with Gasteiger partial charge in [-0.2, -0.15) is 0 Å². The Hall–Kier alpha value is -1.43. The molecule has 17 heavy (non-hydrogen) atoms. The Bertz CT molecular complexity index is 396. The fourth-order valence-electron chi connectivity index (χ4n) is 2.08. The van der Waals surface area contributed by atoms with Gasteiger partial charge in [0.25, 0.3) is 5.82 Å². The summed E-state index contributed by atoms with van der Waals surface area (Å²) in [6, 6.07) is 0. The van der Waals surface area contributed by atoms with Crippen LogP contribution in [0.3, 0.4) is 0 Å². The molecule has 1 aliphatic heterocycles. The first kappa shape index (κ1) is 12.0. The monoisotopic (exact) mass is 238 g/mol. The lowest BCUT2D eigenvalue weighted by Crippen LogP contribution is -2.41. The van der Waals surface area contributed by atoms with Crippen molar-refractivity contribution in [2.75, 3.05) is 19.7 Å². The van der Waals surface area contributed by atoms with Crippen molar-refractivity contribution in [3.63, 3.8) is 0 Å². The van der Waals surface area contributed by atoms with Crippen LogP contribution in [0.1, 0.15) is 43.1 Å². The molecule has 1 saturated heterocycles. The largest absolute Gasteiger partial charge is 0.460 e. The Morgan fingerprint density at radius 2 is 2.41 bits per heavy atom. The van der Waals surface area contributed by atoms with Crippen molar-refractivity contribution in [1.82, 2.24) is 20.5 Å². The molecule has 1 aromatic rings. The molecule has 0 aromatic carbocycles. The normalized spacial score (nSPS) is 24.6. The van der Waals surface area contributed by atoms with Crippen LogP contribution in [0.5, 0.6) is 0 Å². The molecule has 0 spiro atoms. The Morgan fingerprint density at radius 3 is 3.06 bits per heavy atom. The highest BCUT2D eigenvalue weighted by atomic mass is 16.5. The summed E-state index contributed by atoms with van der Waals surface area (Å²) in [6.07, 6.45) is 2.14. The molecule has 1 aliphatic rings. The number of hydrogen-bond donors (Lipinski definition) is 2. The third kappa shape index (κ3) is 2.46. The van der Waals surface area contributed by atoms with Gasteiger partial charge in [0, 0.05) is 12.0 Å². The van der Waals surface area contributed by atoms with E-state index in [1.165, 1.54) is 0 Å². The minimum absolute atomic E-state index is 0.0734. The molecule has 1 fully saturated rings. The minimum Gasteiger partial charge on any atom is -0.460 e. The number of carbonyl (C=O) groups excluding carboxylic acids is 1. The van der Waals surface area contributed by atoms with E-state index in [1.807, 2.05) is 0 Å². The highest BCUT2D eigenvalue weighted by Crippen LogP contribution is 2.27. The van der Waals surface area contributed by atoms with E-state index in [0.717, 1.165) is 31.8 Å². The van der Waals surface area contributed by atoms with Crippen LogP contribution in [0.2, 0.25) is 0 Å². The Kier molecular flexibility index (Phi) is 3.42. The third-order valence-electron chi connectivity index (χ3n) is 3.11. The molecule has 0 radical (unpaired) electrons. The second-order valence-electron chi connectivity index (χ2n) is 4.57. The molecule has 6 heteroatoms. The quantitative estimate of drug-likeness (QED) is 0.755. The number of H-pyrrole nitrogens is 1. The molecule has 6 nitrogen and oxygen atoms in total. The first-order chi connectivity index (χ1) is 8.15. The molecule has 1 unspecified atom stereocenters. The van der Waals surface area contributed by atoms with Crippen LogP contribution in [-0.4, -0.2) is 40.8 Å². The molecule has 1 aromatic heterocycles. The zero-order valence-corrected chi connectivity index (χ0v) is 10.2. The number of rotatable bonds is 3. The first-order valence-corrected chi connectivity index (χ1v) is 5.96. The van der Waals surface area contributed by atoms with Gasteiger partial charge in [0.15, 0.2) is 0 Å². The van der Waals surface area contributed by atoms with E-state index < -0.39 is 5.97 Å². The molecule has 94 valence electrons. The van der Waals surface area contributed by atoms with Gasteiger partial charge in [0.05, 0.1) is 6.61 Å². The van der Waals surface area contributed by atoms with Crippen LogP contribution in [0.4, 0.5) is 0 Å². The number of aromatic nitrogens is 3. The number of nitrogens with one attached hydrogen (secondary N) is 2. The predicted molar refractivity (Wildman–Crippen MR) is 61.8 cm³/mol. The van der Waals surface area contributed by atoms with Gasteiger partial charge in [-0.3, -0.25) is 5.10 Å². The summed E-state index contributed by atoms with van der Waals surface area (Å²) in [5.41, 5.74) is -0.0734. The molecule has 2 rings (SSSR count). The number of carbonyl (C=O) groups is 1. The van der Waals surface area contributed by atoms with E-state index in [1.54, 1.807) is 6.92 Å². The molecule has 2 heterocycles. The van der Waals surface area contributed by atoms with E-state index in [4.69, 9.17) is 4.74 Å². The zero-order chi connectivity index (χ0) is 12.3. The summed E-state index contributed by atoms with van der Waals surface area (Å²) >= 11 is 0. The average molecular weight is 238 g/mol. The summed E-state index contributed by atoms with van der Waals surface area (Å²) in [5.74, 6) is 0.406. The van der Waals surface area contributed by atoms with Crippen molar-refractivity contribution in [3.8, 4) is 0 Å². The highest BCUT2D eigenvalue weighted by molar-refractivity contribution is 5.84. The van der Waals surface area contributed by atoms with Crippen molar-refractivity contribution >= 4 is 5.97 Å². The van der Waals surface area contributed by atoms with Crippen LogP contribution in [0.25, 0.3) is 0 Å². The standard InChI is InChI=1S/C11H18N4O2/c1-3-17-9(16)8-13-10(15-14-8)11(2)5-4-6-12-7-11/h12H,3-7H2,1-2H3,(H,13,14,15). The second-order valence-corrected chi connectivity index (χ2v) is 4.57. The second kappa shape index (κ2) is 4.83. The van der Waals surface area contributed by atoms with Crippen LogP contribution in [0.15, 0.2) is 0 Å². The van der Waals surface area contributed by atoms with Crippen molar-refractivity contribution < 1.29 is 9.53 Å². The maximum absolute atomic E-state index is 11.5. The predicted octanol–water partition coefficient (Wildman–Crippen LogP) is 0.622. The van der Waals surface area contributed by atoms with Gasteiger partial charge in [0.2, 0.25) is 0 Å². The summed E-state index contributed by atoms with van der Waals surface area (Å²) < 4.78 is 4.86. The minimum atomic E-state index is -0.470. The summed E-state index contributed by atoms with van der Waals surface area (Å²) in [4.78, 5) is 15.7. The smallest absolute Gasteiger partial charge is 0.378 e. The lowest BCUT2D eigenvalue weighted by Gasteiger charge is -2.31. The fraction of sp³-hybridized carbons (Fsp3) is 0.727. The van der Waals surface area contributed by atoms with Gasteiger partial charge in [-0.05, 0) is 26.3 Å². The van der Waals surface area contributed by atoms with E-state index >= 15 is 0 Å². The zero-order valence-electron chi connectivity index (χ0n) is 10.2. The highest BCUT2D eigenvalue weighted by Gasteiger charge is 2.32. The van der Waals surface area contributed by atoms with Gasteiger partial charge in [-0.15, -0.1) is 5.10 Å². The van der Waals surface area contributed by atoms with Gasteiger partial charge in [-0.25, -0.2) is 9.78 Å². The average Bonchev–Trinajstić information content (AvgIpc) is 2.80. The van der Waals surface area contributed by atoms with E-state index in [-0.39, 0.29) is 11.2 Å². The number of hydrogen-bond acceptors (Lipinski definition) is 5. The molecule has 0 aliphatic carbocycles.